The molecule has 0 unspecified atom stereocenters. The van der Waals surface area contributed by atoms with Crippen molar-refractivity contribution in [3.8, 4) is 0 Å². The van der Waals surface area contributed by atoms with Gasteiger partial charge >= 0.3 is 0 Å². The molecule has 0 atom stereocenters. The summed E-state index contributed by atoms with van der Waals surface area (Å²) in [6.45, 7) is 1.12. The van der Waals surface area contributed by atoms with E-state index in [1.807, 2.05) is 0 Å². The highest BCUT2D eigenvalue weighted by Gasteiger charge is 2.36. The van der Waals surface area contributed by atoms with Crippen LogP contribution in [-0.4, -0.2) is 34.3 Å². The largest absolute Gasteiger partial charge is 0.381 e. The first kappa shape index (κ1) is 10.3. The Bertz CT molecular complexity index is 366. The topological polar surface area (TPSA) is 70.1 Å². The molecule has 0 spiro atoms. The number of hydrogen-bond donors (Lipinski definition) is 1. The minimum atomic E-state index is -0.763. The molecule has 0 bridgehead atoms. The predicted octanol–water partition coefficient (Wildman–Crippen LogP) is 0.111. The van der Waals surface area contributed by atoms with Crippen LogP contribution >= 0.6 is 0 Å². The van der Waals surface area contributed by atoms with Gasteiger partial charge in [-0.15, -0.1) is 0 Å². The lowest BCUT2D eigenvalue weighted by Gasteiger charge is -2.31. The van der Waals surface area contributed by atoms with Crippen LogP contribution in [0, 0.1) is 0 Å². The van der Waals surface area contributed by atoms with Crippen molar-refractivity contribution in [3.63, 3.8) is 0 Å². The van der Waals surface area contributed by atoms with E-state index in [2.05, 4.69) is 5.10 Å². The van der Waals surface area contributed by atoms with Crippen molar-refractivity contribution in [3.05, 3.63) is 18.0 Å². The van der Waals surface area contributed by atoms with Crippen LogP contribution in [0.25, 0.3) is 0 Å². The molecular weight excluding hydrogens is 194 g/mol. The molecule has 1 aromatic heterocycles. The van der Waals surface area contributed by atoms with Gasteiger partial charge in [0.1, 0.15) is 0 Å². The fourth-order valence-corrected chi connectivity index (χ4v) is 1.79. The Hall–Kier alpha value is -1.20. The molecule has 1 fully saturated rings. The summed E-state index contributed by atoms with van der Waals surface area (Å²) in [4.78, 5) is 12.1. The highest BCUT2D eigenvalue weighted by molar-refractivity contribution is 6.02. The number of ether oxygens (including phenoxy) is 1. The summed E-state index contributed by atoms with van der Waals surface area (Å²) >= 11 is 0. The highest BCUT2D eigenvalue weighted by atomic mass is 16.5. The lowest BCUT2D eigenvalue weighted by Crippen LogP contribution is -2.51. The van der Waals surface area contributed by atoms with Crippen LogP contribution in [0.5, 0.6) is 0 Å². The Kier molecular flexibility index (Phi) is 2.58. The average molecular weight is 209 g/mol. The first-order valence-electron chi connectivity index (χ1n) is 5.02. The van der Waals surface area contributed by atoms with Crippen LogP contribution in [0.1, 0.15) is 23.2 Å². The Morgan fingerprint density at radius 1 is 1.60 bits per heavy atom. The van der Waals surface area contributed by atoms with E-state index in [1.54, 1.807) is 24.1 Å². The van der Waals surface area contributed by atoms with Gasteiger partial charge in [-0.2, -0.15) is 5.10 Å². The van der Waals surface area contributed by atoms with Gasteiger partial charge in [0.15, 0.2) is 5.78 Å². The third kappa shape index (κ3) is 1.93. The fraction of sp³-hybridized carbons (Fsp3) is 0.600. The maximum Gasteiger partial charge on any atom is 0.185 e. The molecular formula is C10H15N3O2. The maximum absolute atomic E-state index is 12.1. The summed E-state index contributed by atoms with van der Waals surface area (Å²) < 4.78 is 6.81. The number of aryl methyl sites for hydroxylation is 1. The smallest absolute Gasteiger partial charge is 0.185 e. The first-order valence-corrected chi connectivity index (χ1v) is 5.02. The molecule has 5 heteroatoms. The zero-order valence-corrected chi connectivity index (χ0v) is 8.77. The van der Waals surface area contributed by atoms with Crippen LogP contribution in [-0.2, 0) is 11.8 Å². The number of ketones is 1. The Morgan fingerprint density at radius 2 is 2.27 bits per heavy atom. The summed E-state index contributed by atoms with van der Waals surface area (Å²) in [6, 6.07) is 0. The SMILES string of the molecule is Cn1cc(C(=O)C2(N)CCOCC2)cn1. The van der Waals surface area contributed by atoms with Crippen LogP contribution < -0.4 is 5.73 Å². The van der Waals surface area contributed by atoms with Crippen molar-refractivity contribution in [2.45, 2.75) is 18.4 Å². The minimum Gasteiger partial charge on any atom is -0.381 e. The van der Waals surface area contributed by atoms with Crippen LogP contribution in [0.15, 0.2) is 12.4 Å². The molecule has 0 amide bonds. The van der Waals surface area contributed by atoms with Gasteiger partial charge in [0.25, 0.3) is 0 Å². The molecule has 0 saturated carbocycles. The minimum absolute atomic E-state index is 0.0288. The number of nitrogens with two attached hydrogens (primary N) is 1. The number of carbonyl (C=O) groups excluding carboxylic acids is 1. The van der Waals surface area contributed by atoms with Gasteiger partial charge in [0, 0.05) is 26.5 Å². The fourth-order valence-electron chi connectivity index (χ4n) is 1.79. The second-order valence-electron chi connectivity index (χ2n) is 4.00. The third-order valence-electron chi connectivity index (χ3n) is 2.80. The molecule has 1 saturated heterocycles. The van der Waals surface area contributed by atoms with Gasteiger partial charge in [-0.25, -0.2) is 0 Å². The van der Waals surface area contributed by atoms with E-state index in [9.17, 15) is 4.79 Å². The Labute approximate surface area is 88.2 Å². The number of Topliss-reactive ketones (excluding diaryl/α,β-unsaturated/α-hetero) is 1. The quantitative estimate of drug-likeness (QED) is 0.702. The number of aromatic nitrogens is 2. The summed E-state index contributed by atoms with van der Waals surface area (Å²) in [5.74, 6) is -0.0288. The third-order valence-corrected chi connectivity index (χ3v) is 2.80. The molecule has 1 aliphatic heterocycles. The number of carbonyl (C=O) groups is 1. The number of hydrogen-bond acceptors (Lipinski definition) is 4. The van der Waals surface area contributed by atoms with Crippen molar-refractivity contribution < 1.29 is 9.53 Å². The average Bonchev–Trinajstić information content (AvgIpc) is 2.65. The zero-order valence-electron chi connectivity index (χ0n) is 8.77. The molecule has 0 radical (unpaired) electrons. The first-order chi connectivity index (χ1) is 7.12. The number of nitrogens with zero attached hydrogens (tertiary/aromatic N) is 2. The van der Waals surface area contributed by atoms with Crippen LogP contribution in [0.2, 0.25) is 0 Å². The normalized spacial score (nSPS) is 20.1. The molecule has 1 aliphatic rings. The monoisotopic (exact) mass is 209 g/mol. The summed E-state index contributed by atoms with van der Waals surface area (Å²) in [7, 11) is 1.78. The van der Waals surface area contributed by atoms with Gasteiger partial charge in [0.05, 0.1) is 17.3 Å². The van der Waals surface area contributed by atoms with Gasteiger partial charge in [-0.1, -0.05) is 0 Å². The van der Waals surface area contributed by atoms with Crippen LogP contribution in [0.3, 0.4) is 0 Å². The van der Waals surface area contributed by atoms with Gasteiger partial charge in [-0.3, -0.25) is 9.48 Å². The molecule has 0 aromatic carbocycles. The molecule has 1 aromatic rings. The summed E-state index contributed by atoms with van der Waals surface area (Å²) in [5.41, 5.74) is 5.90. The van der Waals surface area contributed by atoms with Crippen molar-refractivity contribution >= 4 is 5.78 Å². The lowest BCUT2D eigenvalue weighted by molar-refractivity contribution is 0.0448. The summed E-state index contributed by atoms with van der Waals surface area (Å²) in [5, 5.41) is 3.97. The van der Waals surface area contributed by atoms with E-state index < -0.39 is 5.54 Å². The van der Waals surface area contributed by atoms with Crippen molar-refractivity contribution in [2.24, 2.45) is 12.8 Å². The molecule has 2 N–H and O–H groups in total. The highest BCUT2D eigenvalue weighted by Crippen LogP contribution is 2.22. The van der Waals surface area contributed by atoms with E-state index in [0.717, 1.165) is 0 Å². The summed E-state index contributed by atoms with van der Waals surface area (Å²) in [6.07, 6.45) is 4.43. The van der Waals surface area contributed by atoms with Gasteiger partial charge < -0.3 is 10.5 Å². The van der Waals surface area contributed by atoms with E-state index in [-0.39, 0.29) is 5.78 Å². The van der Waals surface area contributed by atoms with E-state index in [0.29, 0.717) is 31.6 Å². The Morgan fingerprint density at radius 3 is 2.80 bits per heavy atom. The second-order valence-corrected chi connectivity index (χ2v) is 4.00. The standard InChI is InChI=1S/C10H15N3O2/c1-13-7-8(6-12-13)9(14)10(11)2-4-15-5-3-10/h6-7H,2-5,11H2,1H3. The molecule has 82 valence electrons. The van der Waals surface area contributed by atoms with E-state index in [4.69, 9.17) is 10.5 Å². The maximum atomic E-state index is 12.1. The molecule has 15 heavy (non-hydrogen) atoms. The Balaban J connectivity index is 2.19. The van der Waals surface area contributed by atoms with Gasteiger partial charge in [0.2, 0.25) is 0 Å². The van der Waals surface area contributed by atoms with Crippen molar-refractivity contribution in [1.82, 2.24) is 9.78 Å². The van der Waals surface area contributed by atoms with Gasteiger partial charge in [-0.05, 0) is 12.8 Å². The molecule has 5 nitrogen and oxygen atoms in total. The second kappa shape index (κ2) is 3.75. The molecule has 2 rings (SSSR count). The molecule has 2 heterocycles. The van der Waals surface area contributed by atoms with Crippen molar-refractivity contribution in [1.29, 1.82) is 0 Å². The lowest BCUT2D eigenvalue weighted by atomic mass is 9.84. The van der Waals surface area contributed by atoms with Crippen LogP contribution in [0.4, 0.5) is 0 Å². The van der Waals surface area contributed by atoms with E-state index >= 15 is 0 Å². The zero-order chi connectivity index (χ0) is 10.9. The number of rotatable bonds is 2. The predicted molar refractivity (Wildman–Crippen MR) is 54.5 cm³/mol. The molecule has 0 aliphatic carbocycles. The van der Waals surface area contributed by atoms with Crippen molar-refractivity contribution in [2.75, 3.05) is 13.2 Å². The van der Waals surface area contributed by atoms with E-state index in [1.165, 1.54) is 0 Å².